The monoisotopic (exact) mass is 564 g/mol. The van der Waals surface area contributed by atoms with Gasteiger partial charge in [-0.2, -0.15) is 4.31 Å². The van der Waals surface area contributed by atoms with Crippen LogP contribution in [0.3, 0.4) is 0 Å². The number of nitrogens with one attached hydrogen (secondary N) is 1. The van der Waals surface area contributed by atoms with Gasteiger partial charge in [0.25, 0.3) is 0 Å². The van der Waals surface area contributed by atoms with E-state index in [-0.39, 0.29) is 23.5 Å². The number of nitrogens with zero attached hydrogens (tertiary/aromatic N) is 1. The molecule has 7 nitrogen and oxygen atoms in total. The molecule has 0 heterocycles. The first-order valence-corrected chi connectivity index (χ1v) is 14.3. The molecule has 0 spiro atoms. The average Bonchev–Trinajstić information content (AvgIpc) is 2.91. The minimum atomic E-state index is -3.96. The number of aliphatic hydroxyl groups is 1. The summed E-state index contributed by atoms with van der Waals surface area (Å²) in [6.07, 6.45) is -0.240. The molecule has 0 aromatic heterocycles. The summed E-state index contributed by atoms with van der Waals surface area (Å²) in [4.78, 5) is 11.1. The number of carbonyl (C=O) groups is 1. The maximum absolute atomic E-state index is 14.2. The first-order valence-electron chi connectivity index (χ1n) is 12.9. The Hall–Kier alpha value is -3.63. The van der Waals surface area contributed by atoms with Gasteiger partial charge in [-0.05, 0) is 72.0 Å². The highest BCUT2D eigenvalue weighted by molar-refractivity contribution is 7.89. The second-order valence-corrected chi connectivity index (χ2v) is 12.6. The van der Waals surface area contributed by atoms with E-state index in [4.69, 9.17) is 5.11 Å². The van der Waals surface area contributed by atoms with Crippen molar-refractivity contribution in [1.29, 1.82) is 0 Å². The molecule has 0 fully saturated rings. The van der Waals surface area contributed by atoms with Crippen molar-refractivity contribution in [1.82, 2.24) is 9.62 Å². The summed E-state index contributed by atoms with van der Waals surface area (Å²) in [5.41, 5.74) is 1.11. The number of aromatic carboxylic acids is 1. The summed E-state index contributed by atoms with van der Waals surface area (Å²) in [5.74, 6) is -2.29. The quantitative estimate of drug-likeness (QED) is 0.238. The topological polar surface area (TPSA) is 107 Å². The average molecular weight is 565 g/mol. The molecule has 4 aromatic carbocycles. The van der Waals surface area contributed by atoms with E-state index in [1.54, 1.807) is 6.07 Å². The number of hydrogen-bond donors (Lipinski definition) is 3. The number of likely N-dealkylation sites (N-methyl/N-ethyl adjacent to an activating group) is 1. The second kappa shape index (κ2) is 11.9. The molecule has 1 atom stereocenters. The molecule has 0 aliphatic heterocycles. The van der Waals surface area contributed by atoms with E-state index >= 15 is 0 Å². The van der Waals surface area contributed by atoms with E-state index in [2.05, 4.69) is 35.6 Å². The van der Waals surface area contributed by atoms with Crippen LogP contribution in [0.2, 0.25) is 0 Å². The van der Waals surface area contributed by atoms with Crippen LogP contribution in [0, 0.1) is 5.82 Å². The maximum Gasteiger partial charge on any atom is 0.338 e. The lowest BCUT2D eigenvalue weighted by molar-refractivity contribution is 0.0692. The zero-order valence-electron chi connectivity index (χ0n) is 22.6. The lowest BCUT2D eigenvalue weighted by atomic mass is 9.93. The van der Waals surface area contributed by atoms with Crippen LogP contribution in [0.4, 0.5) is 4.39 Å². The van der Waals surface area contributed by atoms with Crippen LogP contribution in [-0.4, -0.2) is 60.7 Å². The predicted molar refractivity (Wildman–Crippen MR) is 154 cm³/mol. The number of rotatable bonds is 11. The first-order chi connectivity index (χ1) is 18.9. The molecule has 9 heteroatoms. The van der Waals surface area contributed by atoms with E-state index in [9.17, 15) is 22.7 Å². The molecule has 0 saturated heterocycles. The molecule has 0 amide bonds. The molecule has 0 saturated carbocycles. The summed E-state index contributed by atoms with van der Waals surface area (Å²) in [7, 11) is -2.57. The Kier molecular flexibility index (Phi) is 8.70. The third-order valence-corrected chi connectivity index (χ3v) is 8.64. The van der Waals surface area contributed by atoms with Crippen molar-refractivity contribution in [2.45, 2.75) is 36.8 Å². The highest BCUT2D eigenvalue weighted by Gasteiger charge is 2.25. The van der Waals surface area contributed by atoms with Gasteiger partial charge in [-0.15, -0.1) is 0 Å². The van der Waals surface area contributed by atoms with Gasteiger partial charge in [-0.3, -0.25) is 0 Å². The summed E-state index contributed by atoms with van der Waals surface area (Å²) in [6.45, 7) is 4.13. The number of aliphatic hydroxyl groups excluding tert-OH is 1. The number of fused-ring (bicyclic) bond motifs is 1. The highest BCUT2D eigenvalue weighted by Crippen LogP contribution is 2.26. The van der Waals surface area contributed by atoms with Crippen molar-refractivity contribution in [3.63, 3.8) is 0 Å². The van der Waals surface area contributed by atoms with Crippen molar-refractivity contribution >= 4 is 26.8 Å². The Morgan fingerprint density at radius 1 is 0.950 bits per heavy atom. The van der Waals surface area contributed by atoms with Crippen molar-refractivity contribution < 1.29 is 27.8 Å². The maximum atomic E-state index is 14.2. The predicted octanol–water partition coefficient (Wildman–Crippen LogP) is 4.94. The normalized spacial score (nSPS) is 13.1. The van der Waals surface area contributed by atoms with E-state index in [1.165, 1.54) is 36.7 Å². The van der Waals surface area contributed by atoms with Gasteiger partial charge in [0, 0.05) is 25.7 Å². The van der Waals surface area contributed by atoms with Crippen LogP contribution < -0.4 is 5.32 Å². The first kappa shape index (κ1) is 29.4. The van der Waals surface area contributed by atoms with Gasteiger partial charge in [0.05, 0.1) is 16.6 Å². The number of benzene rings is 4. The molecule has 210 valence electrons. The molecule has 4 aromatic rings. The molecule has 0 bridgehead atoms. The molecular weight excluding hydrogens is 531 g/mol. The van der Waals surface area contributed by atoms with E-state index < -0.39 is 33.5 Å². The van der Waals surface area contributed by atoms with Crippen LogP contribution in [0.5, 0.6) is 0 Å². The third-order valence-electron chi connectivity index (χ3n) is 6.82. The Labute approximate surface area is 233 Å². The third kappa shape index (κ3) is 6.92. The van der Waals surface area contributed by atoms with E-state index in [0.717, 1.165) is 33.8 Å². The number of halogens is 1. The summed E-state index contributed by atoms with van der Waals surface area (Å²) >= 11 is 0. The van der Waals surface area contributed by atoms with Crippen molar-refractivity contribution in [3.05, 3.63) is 102 Å². The molecule has 0 aliphatic rings. The fraction of sp³-hybridized carbons (Fsp3) is 0.258. The van der Waals surface area contributed by atoms with E-state index in [1.807, 2.05) is 26.0 Å². The van der Waals surface area contributed by atoms with Gasteiger partial charge in [0.2, 0.25) is 10.0 Å². The van der Waals surface area contributed by atoms with Crippen LogP contribution in [-0.2, 0) is 16.4 Å². The number of β-amino-alcohol motifs (C(OH)–C–C–N with tert-alkyl or cyclic N) is 1. The Balaban J connectivity index is 1.39. The fourth-order valence-electron chi connectivity index (χ4n) is 4.66. The van der Waals surface area contributed by atoms with Crippen LogP contribution >= 0.6 is 0 Å². The Bertz CT molecular complexity index is 1640. The number of hydrogen-bond acceptors (Lipinski definition) is 5. The molecule has 0 aliphatic carbocycles. The van der Waals surface area contributed by atoms with Gasteiger partial charge < -0.3 is 15.5 Å². The van der Waals surface area contributed by atoms with Gasteiger partial charge >= 0.3 is 5.97 Å². The van der Waals surface area contributed by atoms with Crippen LogP contribution in [0.25, 0.3) is 21.9 Å². The van der Waals surface area contributed by atoms with Gasteiger partial charge in [-0.1, -0.05) is 60.7 Å². The zero-order valence-corrected chi connectivity index (χ0v) is 23.5. The largest absolute Gasteiger partial charge is 0.478 e. The molecule has 4 rings (SSSR count). The summed E-state index contributed by atoms with van der Waals surface area (Å²) in [6, 6.07) is 24.1. The zero-order chi connectivity index (χ0) is 29.1. The lowest BCUT2D eigenvalue weighted by Crippen LogP contribution is -2.47. The van der Waals surface area contributed by atoms with Crippen molar-refractivity contribution in [2.75, 3.05) is 20.1 Å². The number of carboxylic acid groups (broad SMARTS) is 1. The molecule has 3 N–H and O–H groups in total. The lowest BCUT2D eigenvalue weighted by Gasteiger charge is -2.29. The molecular formula is C31H33FN2O5S. The van der Waals surface area contributed by atoms with Crippen molar-refractivity contribution in [3.8, 4) is 11.1 Å². The van der Waals surface area contributed by atoms with Gasteiger partial charge in [0.15, 0.2) is 0 Å². The highest BCUT2D eigenvalue weighted by atomic mass is 32.2. The van der Waals surface area contributed by atoms with Crippen molar-refractivity contribution in [2.24, 2.45) is 0 Å². The minimum Gasteiger partial charge on any atom is -0.478 e. The molecule has 40 heavy (non-hydrogen) atoms. The summed E-state index contributed by atoms with van der Waals surface area (Å²) in [5, 5.41) is 25.4. The minimum absolute atomic E-state index is 0.0213. The second-order valence-electron chi connectivity index (χ2n) is 10.6. The van der Waals surface area contributed by atoms with Crippen LogP contribution in [0.15, 0.2) is 89.8 Å². The summed E-state index contributed by atoms with van der Waals surface area (Å²) < 4.78 is 41.8. The Morgan fingerprint density at radius 3 is 2.35 bits per heavy atom. The molecule has 0 radical (unpaired) electrons. The molecule has 1 unspecified atom stereocenters. The van der Waals surface area contributed by atoms with Gasteiger partial charge in [-0.25, -0.2) is 17.6 Å². The Morgan fingerprint density at radius 2 is 1.65 bits per heavy atom. The van der Waals surface area contributed by atoms with Crippen LogP contribution in [0.1, 0.15) is 29.8 Å². The number of carboxylic acids is 1. The van der Waals surface area contributed by atoms with Gasteiger partial charge in [0.1, 0.15) is 5.82 Å². The number of sulfonamides is 1. The fourth-order valence-corrected chi connectivity index (χ4v) is 5.91. The van der Waals surface area contributed by atoms with E-state index in [0.29, 0.717) is 11.1 Å². The smallest absolute Gasteiger partial charge is 0.338 e. The standard InChI is InChI=1S/C31H33FN2O5S/c1-31(2,18-21-11-12-22-7-4-5-8-23(22)15-21)33-19-26(35)20-34(3)40(38,39)27-10-6-9-24(16-27)25-13-14-28(30(36)37)29(32)17-25/h4-17,26,33,35H,18-20H2,1-3H3,(H,36,37). The SMILES string of the molecule is CN(CC(O)CNC(C)(C)Cc1ccc2ccccc2c1)S(=O)(=O)c1cccc(-c2ccc(C(=O)O)c(F)c2)c1.